The largest absolute Gasteiger partial charge is 0.375 e. The molecule has 3 aliphatic carbocycles. The number of hydrogen-bond acceptors (Lipinski definition) is 1. The highest BCUT2D eigenvalue weighted by Crippen LogP contribution is 2.53. The van der Waals surface area contributed by atoms with Gasteiger partial charge in [0.25, 0.3) is 0 Å². The van der Waals surface area contributed by atoms with E-state index in [2.05, 4.69) is 20.8 Å². The lowest BCUT2D eigenvalue weighted by atomic mass is 9.56. The van der Waals surface area contributed by atoms with Crippen molar-refractivity contribution in [1.29, 1.82) is 0 Å². The molecule has 7 unspecified atom stereocenters. The van der Waals surface area contributed by atoms with Crippen molar-refractivity contribution in [2.75, 3.05) is 0 Å². The van der Waals surface area contributed by atoms with Crippen LogP contribution in [0.2, 0.25) is 0 Å². The zero-order chi connectivity index (χ0) is 17.6. The van der Waals surface area contributed by atoms with Crippen LogP contribution in [0, 0.1) is 29.6 Å². The maximum Gasteiger partial charge on any atom is 0.0581 e. The van der Waals surface area contributed by atoms with Crippen LogP contribution in [-0.4, -0.2) is 12.2 Å². The average Bonchev–Trinajstić information content (AvgIpc) is 2.61. The molecule has 0 bridgehead atoms. The minimum atomic E-state index is 0.474. The van der Waals surface area contributed by atoms with Gasteiger partial charge in [-0.1, -0.05) is 52.4 Å². The zero-order valence-corrected chi connectivity index (χ0v) is 17.3. The van der Waals surface area contributed by atoms with Gasteiger partial charge in [0.15, 0.2) is 0 Å². The van der Waals surface area contributed by atoms with Gasteiger partial charge in [-0.15, -0.1) is 0 Å². The third kappa shape index (κ3) is 5.24. The van der Waals surface area contributed by atoms with Crippen LogP contribution < -0.4 is 0 Å². The lowest BCUT2D eigenvalue weighted by Gasteiger charge is -2.51. The minimum Gasteiger partial charge on any atom is -0.375 e. The Morgan fingerprint density at radius 2 is 1.52 bits per heavy atom. The van der Waals surface area contributed by atoms with Crippen LogP contribution in [0.25, 0.3) is 0 Å². The van der Waals surface area contributed by atoms with Crippen LogP contribution >= 0.6 is 0 Å². The number of hydrogen-bond donors (Lipinski definition) is 0. The minimum absolute atomic E-state index is 0.474. The van der Waals surface area contributed by atoms with Crippen molar-refractivity contribution in [3.8, 4) is 0 Å². The third-order valence-electron chi connectivity index (χ3n) is 7.94. The fraction of sp³-hybridized carbons (Fsp3) is 1.00. The number of fused-ring (bicyclic) bond motifs is 3. The van der Waals surface area contributed by atoms with Gasteiger partial charge in [0, 0.05) is 0 Å². The molecule has 1 nitrogen and oxygen atoms in total. The predicted octanol–water partition coefficient (Wildman–Crippen LogP) is 7.38. The Kier molecular flexibility index (Phi) is 7.70. The number of ether oxygens (including phenoxy) is 1. The Bertz CT molecular complexity index is 378. The molecule has 0 aromatic rings. The molecule has 3 fully saturated rings. The number of rotatable bonds is 8. The summed E-state index contributed by atoms with van der Waals surface area (Å²) in [6, 6.07) is 0. The summed E-state index contributed by atoms with van der Waals surface area (Å²) < 4.78 is 6.39. The molecule has 0 saturated heterocycles. The molecule has 7 atom stereocenters. The fourth-order valence-corrected chi connectivity index (χ4v) is 6.72. The first-order valence-electron chi connectivity index (χ1n) is 11.9. The van der Waals surface area contributed by atoms with Crippen molar-refractivity contribution in [3.05, 3.63) is 0 Å². The molecule has 1 heteroatoms. The van der Waals surface area contributed by atoms with Crippen molar-refractivity contribution >= 4 is 0 Å². The summed E-state index contributed by atoms with van der Waals surface area (Å²) in [6.45, 7) is 6.89. The summed E-state index contributed by atoms with van der Waals surface area (Å²) in [7, 11) is 0. The highest BCUT2D eigenvalue weighted by Gasteiger charge is 2.44. The molecule has 0 radical (unpaired) electrons. The quantitative estimate of drug-likeness (QED) is 0.416. The van der Waals surface area contributed by atoms with Crippen molar-refractivity contribution in [3.63, 3.8) is 0 Å². The smallest absolute Gasteiger partial charge is 0.0581 e. The average molecular weight is 349 g/mol. The number of unbranched alkanes of at least 4 members (excludes halogenated alkanes) is 2. The predicted molar refractivity (Wildman–Crippen MR) is 108 cm³/mol. The van der Waals surface area contributed by atoms with Gasteiger partial charge in [0.05, 0.1) is 12.2 Å². The van der Waals surface area contributed by atoms with Crippen molar-refractivity contribution in [2.24, 2.45) is 29.6 Å². The standard InChI is InChI=1S/C24H44O/c1-4-6-7-9-19-10-14-23-20(16-19)11-12-21-17-22(13-15-24(21)23)25-18(3)8-5-2/h18-24H,4-17H2,1-3H3. The molecule has 3 rings (SSSR count). The van der Waals surface area contributed by atoms with E-state index in [1.165, 1.54) is 70.6 Å². The Hall–Kier alpha value is -0.0400. The lowest BCUT2D eigenvalue weighted by Crippen LogP contribution is -2.43. The zero-order valence-electron chi connectivity index (χ0n) is 17.3. The van der Waals surface area contributed by atoms with Crippen molar-refractivity contribution in [1.82, 2.24) is 0 Å². The second kappa shape index (κ2) is 9.77. The van der Waals surface area contributed by atoms with E-state index in [-0.39, 0.29) is 0 Å². The van der Waals surface area contributed by atoms with E-state index in [1.54, 1.807) is 19.3 Å². The molecule has 0 aromatic heterocycles. The molecule has 0 aromatic carbocycles. The van der Waals surface area contributed by atoms with E-state index in [9.17, 15) is 0 Å². The van der Waals surface area contributed by atoms with Crippen LogP contribution in [0.15, 0.2) is 0 Å². The molecule has 0 heterocycles. The molecule has 146 valence electrons. The lowest BCUT2D eigenvalue weighted by molar-refractivity contribution is -0.0771. The summed E-state index contributed by atoms with van der Waals surface area (Å²) in [5, 5.41) is 0. The Morgan fingerprint density at radius 3 is 2.24 bits per heavy atom. The normalized spacial score (nSPS) is 39.5. The maximum atomic E-state index is 6.39. The van der Waals surface area contributed by atoms with E-state index >= 15 is 0 Å². The molecule has 0 aliphatic heterocycles. The Morgan fingerprint density at radius 1 is 0.800 bits per heavy atom. The van der Waals surface area contributed by atoms with Crippen molar-refractivity contribution in [2.45, 2.75) is 123 Å². The topological polar surface area (TPSA) is 9.23 Å². The first-order valence-corrected chi connectivity index (χ1v) is 11.9. The van der Waals surface area contributed by atoms with Gasteiger partial charge in [0.1, 0.15) is 0 Å². The van der Waals surface area contributed by atoms with Crippen LogP contribution in [-0.2, 0) is 4.74 Å². The third-order valence-corrected chi connectivity index (χ3v) is 7.94. The highest BCUT2D eigenvalue weighted by molar-refractivity contribution is 4.94. The van der Waals surface area contributed by atoms with Gasteiger partial charge >= 0.3 is 0 Å². The summed E-state index contributed by atoms with van der Waals surface area (Å²) >= 11 is 0. The van der Waals surface area contributed by atoms with E-state index in [4.69, 9.17) is 4.74 Å². The molecular formula is C24H44O. The molecule has 3 aliphatic rings. The molecule has 25 heavy (non-hydrogen) atoms. The fourth-order valence-electron chi connectivity index (χ4n) is 6.72. The van der Waals surface area contributed by atoms with Crippen LogP contribution in [0.3, 0.4) is 0 Å². The van der Waals surface area contributed by atoms with Crippen LogP contribution in [0.1, 0.15) is 111 Å². The molecule has 3 saturated carbocycles. The molecule has 0 spiro atoms. The first kappa shape index (κ1) is 19.7. The second-order valence-corrected chi connectivity index (χ2v) is 9.77. The van der Waals surface area contributed by atoms with Crippen LogP contribution in [0.5, 0.6) is 0 Å². The maximum absolute atomic E-state index is 6.39. The second-order valence-electron chi connectivity index (χ2n) is 9.77. The van der Waals surface area contributed by atoms with Gasteiger partial charge in [-0.3, -0.25) is 0 Å². The summed E-state index contributed by atoms with van der Waals surface area (Å²) in [5.41, 5.74) is 0. The highest BCUT2D eigenvalue weighted by atomic mass is 16.5. The van der Waals surface area contributed by atoms with Crippen LogP contribution in [0.4, 0.5) is 0 Å². The Balaban J connectivity index is 1.46. The summed E-state index contributed by atoms with van der Waals surface area (Å²) in [6.07, 6.45) is 21.3. The monoisotopic (exact) mass is 348 g/mol. The molecular weight excluding hydrogens is 304 g/mol. The van der Waals surface area contributed by atoms with Crippen molar-refractivity contribution < 1.29 is 4.74 Å². The van der Waals surface area contributed by atoms with Gasteiger partial charge < -0.3 is 4.74 Å². The summed E-state index contributed by atoms with van der Waals surface area (Å²) in [4.78, 5) is 0. The SMILES string of the molecule is CCCCCC1CCC2C(CCC3CC(OC(C)CCC)CCC32)C1. The van der Waals surface area contributed by atoms with E-state index in [1.807, 2.05) is 0 Å². The van der Waals surface area contributed by atoms with Gasteiger partial charge in [0.2, 0.25) is 0 Å². The van der Waals surface area contributed by atoms with E-state index in [0.29, 0.717) is 12.2 Å². The van der Waals surface area contributed by atoms with E-state index in [0.717, 1.165) is 29.6 Å². The van der Waals surface area contributed by atoms with Gasteiger partial charge in [-0.2, -0.15) is 0 Å². The molecule has 0 amide bonds. The first-order chi connectivity index (χ1) is 12.2. The van der Waals surface area contributed by atoms with Gasteiger partial charge in [-0.05, 0) is 87.9 Å². The van der Waals surface area contributed by atoms with E-state index < -0.39 is 0 Å². The Labute approximate surface area is 157 Å². The summed E-state index contributed by atoms with van der Waals surface area (Å²) in [5.74, 6) is 5.27. The van der Waals surface area contributed by atoms with Gasteiger partial charge in [-0.25, -0.2) is 0 Å². The molecule has 0 N–H and O–H groups in total.